The molecule has 0 spiro atoms. The Hall–Kier alpha value is -5.22. The van der Waals surface area contributed by atoms with Crippen LogP contribution in [0.4, 0.5) is 0 Å². The van der Waals surface area contributed by atoms with Crippen LogP contribution in [0.2, 0.25) is 0 Å². The molecule has 0 aromatic heterocycles. The number of benzene rings is 3. The molecule has 0 fully saturated rings. The Morgan fingerprint density at radius 2 is 1.18 bits per heavy atom. The highest BCUT2D eigenvalue weighted by Crippen LogP contribution is 2.27. The van der Waals surface area contributed by atoms with Crippen molar-refractivity contribution in [3.05, 3.63) is 108 Å². The topological polar surface area (TPSA) is 124 Å². The van der Waals surface area contributed by atoms with Crippen LogP contribution < -0.4 is 18.9 Å². The van der Waals surface area contributed by atoms with E-state index in [4.69, 9.17) is 28.4 Å². The van der Waals surface area contributed by atoms with Crippen molar-refractivity contribution in [2.75, 3.05) is 26.4 Å². The van der Waals surface area contributed by atoms with E-state index in [1.807, 2.05) is 6.92 Å². The summed E-state index contributed by atoms with van der Waals surface area (Å²) in [7, 11) is 0. The molecule has 236 valence electrons. The van der Waals surface area contributed by atoms with Gasteiger partial charge < -0.3 is 28.4 Å². The molecule has 10 nitrogen and oxygen atoms in total. The molecular weight excluding hydrogens is 580 g/mol. The zero-order chi connectivity index (χ0) is 32.8. The molecule has 0 saturated heterocycles. The van der Waals surface area contributed by atoms with E-state index in [0.717, 1.165) is 6.42 Å². The highest BCUT2D eigenvalue weighted by atomic mass is 16.6. The van der Waals surface area contributed by atoms with Crippen molar-refractivity contribution < 1.29 is 47.6 Å². The van der Waals surface area contributed by atoms with Gasteiger partial charge in [-0.1, -0.05) is 26.5 Å². The molecule has 0 aliphatic heterocycles. The van der Waals surface area contributed by atoms with Gasteiger partial charge >= 0.3 is 23.9 Å². The van der Waals surface area contributed by atoms with Crippen LogP contribution in [0.25, 0.3) is 0 Å². The number of esters is 4. The van der Waals surface area contributed by atoms with E-state index in [1.165, 1.54) is 24.3 Å². The molecule has 0 aliphatic rings. The van der Waals surface area contributed by atoms with Gasteiger partial charge in [0.05, 0.1) is 24.3 Å². The standard InChI is InChI=1S/C35H36O10/c1-6-7-27-22-30(16-17-31(27)45-35(39)26-10-14-29(15-11-26)43-33(37)24(4)5)44-34(38)25-8-12-28(13-9-25)41-20-18-40-19-21-42-32(36)23(2)3/h8-17,22H,2,4,6-7,18-21H2,1,3,5H3. The molecule has 3 aromatic carbocycles. The number of carbonyl (C=O) groups is 4. The van der Waals surface area contributed by atoms with Gasteiger partial charge in [0.1, 0.15) is 36.2 Å². The lowest BCUT2D eigenvalue weighted by atomic mass is 10.1. The summed E-state index contributed by atoms with van der Waals surface area (Å²) in [5.74, 6) is -0.696. The summed E-state index contributed by atoms with van der Waals surface area (Å²) >= 11 is 0. The second-order valence-electron chi connectivity index (χ2n) is 9.89. The lowest BCUT2D eigenvalue weighted by Gasteiger charge is -2.12. The lowest BCUT2D eigenvalue weighted by molar-refractivity contribution is -0.140. The maximum atomic E-state index is 12.8. The Balaban J connectivity index is 1.51. The summed E-state index contributed by atoms with van der Waals surface area (Å²) in [6.45, 7) is 13.1. The number of aryl methyl sites for hydroxylation is 1. The van der Waals surface area contributed by atoms with E-state index >= 15 is 0 Å². The van der Waals surface area contributed by atoms with Crippen LogP contribution in [0.5, 0.6) is 23.0 Å². The second-order valence-corrected chi connectivity index (χ2v) is 9.89. The third-order valence-corrected chi connectivity index (χ3v) is 6.01. The minimum absolute atomic E-state index is 0.127. The molecule has 0 N–H and O–H groups in total. The van der Waals surface area contributed by atoms with Crippen molar-refractivity contribution >= 4 is 23.9 Å². The first-order chi connectivity index (χ1) is 21.6. The maximum absolute atomic E-state index is 12.8. The number of hydrogen-bond donors (Lipinski definition) is 0. The quantitative estimate of drug-likeness (QED) is 0.0810. The first-order valence-electron chi connectivity index (χ1n) is 14.3. The van der Waals surface area contributed by atoms with Crippen molar-refractivity contribution in [2.45, 2.75) is 33.6 Å². The van der Waals surface area contributed by atoms with Crippen LogP contribution in [0.1, 0.15) is 53.5 Å². The SMILES string of the molecule is C=C(C)C(=O)OCCOCCOc1ccc(C(=O)Oc2ccc(OC(=O)c3ccc(OC(=O)C(=C)C)cc3)c(CCC)c2)cc1. The van der Waals surface area contributed by atoms with Gasteiger partial charge in [0.15, 0.2) is 0 Å². The van der Waals surface area contributed by atoms with Gasteiger partial charge in [-0.25, -0.2) is 19.2 Å². The number of hydrogen-bond acceptors (Lipinski definition) is 10. The van der Waals surface area contributed by atoms with Gasteiger partial charge in [0.25, 0.3) is 0 Å². The van der Waals surface area contributed by atoms with Crippen LogP contribution in [0.15, 0.2) is 91.0 Å². The maximum Gasteiger partial charge on any atom is 0.343 e. The second kappa shape index (κ2) is 17.2. The van der Waals surface area contributed by atoms with Gasteiger partial charge in [0, 0.05) is 11.1 Å². The van der Waals surface area contributed by atoms with E-state index < -0.39 is 23.9 Å². The van der Waals surface area contributed by atoms with Gasteiger partial charge in [-0.05, 0) is 92.6 Å². The Morgan fingerprint density at radius 1 is 0.622 bits per heavy atom. The smallest absolute Gasteiger partial charge is 0.343 e. The Bertz CT molecular complexity index is 1520. The molecule has 0 unspecified atom stereocenters. The van der Waals surface area contributed by atoms with Crippen LogP contribution in [-0.4, -0.2) is 50.3 Å². The third-order valence-electron chi connectivity index (χ3n) is 6.01. The first-order valence-corrected chi connectivity index (χ1v) is 14.3. The number of rotatable bonds is 16. The predicted octanol–water partition coefficient (Wildman–Crippen LogP) is 6.07. The van der Waals surface area contributed by atoms with Crippen molar-refractivity contribution in [1.29, 1.82) is 0 Å². The van der Waals surface area contributed by atoms with Crippen molar-refractivity contribution in [1.82, 2.24) is 0 Å². The zero-order valence-electron chi connectivity index (χ0n) is 25.6. The molecule has 0 atom stereocenters. The minimum atomic E-state index is -0.590. The van der Waals surface area contributed by atoms with Gasteiger partial charge in [-0.2, -0.15) is 0 Å². The molecule has 0 aliphatic carbocycles. The van der Waals surface area contributed by atoms with E-state index in [1.54, 1.807) is 56.3 Å². The normalized spacial score (nSPS) is 10.4. The monoisotopic (exact) mass is 616 g/mol. The summed E-state index contributed by atoms with van der Waals surface area (Å²) < 4.78 is 32.3. The molecule has 3 aromatic rings. The predicted molar refractivity (Wildman–Crippen MR) is 166 cm³/mol. The lowest BCUT2D eigenvalue weighted by Crippen LogP contribution is -2.14. The van der Waals surface area contributed by atoms with Crippen molar-refractivity contribution in [3.63, 3.8) is 0 Å². The fourth-order valence-electron chi connectivity index (χ4n) is 3.69. The molecule has 0 heterocycles. The van der Waals surface area contributed by atoms with E-state index in [2.05, 4.69) is 13.2 Å². The Morgan fingerprint density at radius 3 is 1.78 bits per heavy atom. The summed E-state index contributed by atoms with van der Waals surface area (Å²) in [6.07, 6.45) is 1.35. The molecule has 0 bridgehead atoms. The van der Waals surface area contributed by atoms with Crippen LogP contribution in [0, 0.1) is 0 Å². The van der Waals surface area contributed by atoms with Crippen molar-refractivity contribution in [3.8, 4) is 23.0 Å². The number of carbonyl (C=O) groups excluding carboxylic acids is 4. The molecule has 0 radical (unpaired) electrons. The summed E-state index contributed by atoms with van der Waals surface area (Å²) in [5.41, 5.74) is 1.88. The summed E-state index contributed by atoms with van der Waals surface area (Å²) in [4.78, 5) is 48.6. The first kappa shape index (κ1) is 34.3. The Labute approximate surface area is 262 Å². The highest BCUT2D eigenvalue weighted by molar-refractivity contribution is 5.93. The Kier molecular flexibility index (Phi) is 13.1. The minimum Gasteiger partial charge on any atom is -0.491 e. The largest absolute Gasteiger partial charge is 0.491 e. The highest BCUT2D eigenvalue weighted by Gasteiger charge is 2.16. The summed E-state index contributed by atoms with van der Waals surface area (Å²) in [5, 5.41) is 0. The number of ether oxygens (including phenoxy) is 6. The molecular formula is C35H36O10. The van der Waals surface area contributed by atoms with E-state index in [-0.39, 0.29) is 36.7 Å². The van der Waals surface area contributed by atoms with Gasteiger partial charge in [-0.3, -0.25) is 0 Å². The van der Waals surface area contributed by atoms with Crippen molar-refractivity contribution in [2.24, 2.45) is 0 Å². The van der Waals surface area contributed by atoms with Gasteiger partial charge in [0.2, 0.25) is 0 Å². The van der Waals surface area contributed by atoms with Gasteiger partial charge in [-0.15, -0.1) is 0 Å². The fourth-order valence-corrected chi connectivity index (χ4v) is 3.69. The van der Waals surface area contributed by atoms with E-state index in [9.17, 15) is 19.2 Å². The molecule has 3 rings (SSSR count). The average Bonchev–Trinajstić information content (AvgIpc) is 3.02. The zero-order valence-corrected chi connectivity index (χ0v) is 25.6. The van der Waals surface area contributed by atoms with Crippen LogP contribution in [0.3, 0.4) is 0 Å². The molecule has 0 saturated carbocycles. The summed E-state index contributed by atoms with van der Waals surface area (Å²) in [6, 6.07) is 17.3. The molecule has 45 heavy (non-hydrogen) atoms. The molecule has 0 amide bonds. The fraction of sp³-hybridized carbons (Fsp3) is 0.257. The third kappa shape index (κ3) is 11.1. The van der Waals surface area contributed by atoms with Crippen LogP contribution >= 0.6 is 0 Å². The van der Waals surface area contributed by atoms with Crippen LogP contribution in [-0.2, 0) is 25.5 Å². The molecule has 10 heteroatoms. The van der Waals surface area contributed by atoms with E-state index in [0.29, 0.717) is 47.0 Å². The average molecular weight is 617 g/mol.